The second-order valence-corrected chi connectivity index (χ2v) is 7.80. The maximum Gasteiger partial charge on any atom is 0.238 e. The molecule has 0 fully saturated rings. The Hall–Kier alpha value is -1.28. The Kier molecular flexibility index (Phi) is 5.33. The van der Waals surface area contributed by atoms with Crippen LogP contribution in [0.1, 0.15) is 36.2 Å². The Morgan fingerprint density at radius 3 is 2.45 bits per heavy atom. The van der Waals surface area contributed by atoms with Crippen molar-refractivity contribution in [2.75, 3.05) is 7.05 Å². The van der Waals surface area contributed by atoms with Crippen molar-refractivity contribution in [3.8, 4) is 0 Å². The van der Waals surface area contributed by atoms with E-state index >= 15 is 0 Å². The van der Waals surface area contributed by atoms with Gasteiger partial charge in [0.1, 0.15) is 0 Å². The van der Waals surface area contributed by atoms with E-state index in [1.54, 1.807) is 35.6 Å². The second kappa shape index (κ2) is 6.87. The first-order valence-corrected chi connectivity index (χ1v) is 9.50. The molecule has 1 atom stereocenters. The molecule has 0 aliphatic carbocycles. The lowest BCUT2D eigenvalue weighted by atomic mass is 10.1. The van der Waals surface area contributed by atoms with Crippen molar-refractivity contribution in [3.63, 3.8) is 0 Å². The summed E-state index contributed by atoms with van der Waals surface area (Å²) in [5, 5.41) is 8.35. The van der Waals surface area contributed by atoms with Crippen LogP contribution in [0.2, 0.25) is 0 Å². The summed E-state index contributed by atoms with van der Waals surface area (Å²) in [7, 11) is -1.61. The molecule has 2 aromatic rings. The highest BCUT2D eigenvalue weighted by molar-refractivity contribution is 7.89. The van der Waals surface area contributed by atoms with Gasteiger partial charge in [0.25, 0.3) is 0 Å². The molecule has 2 N–H and O–H groups in total. The number of hydrogen-bond acceptors (Lipinski definition) is 5. The van der Waals surface area contributed by atoms with Gasteiger partial charge in [-0.1, -0.05) is 19.1 Å². The molecule has 120 valence electrons. The van der Waals surface area contributed by atoms with E-state index in [0.29, 0.717) is 0 Å². The van der Waals surface area contributed by atoms with Crippen molar-refractivity contribution >= 4 is 21.4 Å². The van der Waals surface area contributed by atoms with Crippen molar-refractivity contribution in [1.82, 2.24) is 9.88 Å². The molecule has 0 saturated carbocycles. The van der Waals surface area contributed by atoms with Crippen LogP contribution in [-0.4, -0.2) is 25.3 Å². The largest absolute Gasteiger partial charge is 0.294 e. The predicted molar refractivity (Wildman–Crippen MR) is 89.2 cm³/mol. The first kappa shape index (κ1) is 17.1. The zero-order valence-electron chi connectivity index (χ0n) is 13.0. The first-order valence-electron chi connectivity index (χ1n) is 7.07. The fourth-order valence-electron chi connectivity index (χ4n) is 2.17. The average molecular weight is 339 g/mol. The van der Waals surface area contributed by atoms with Crippen LogP contribution in [0.25, 0.3) is 0 Å². The Balaban J connectivity index is 2.08. The van der Waals surface area contributed by atoms with Crippen LogP contribution in [0.4, 0.5) is 0 Å². The van der Waals surface area contributed by atoms with Gasteiger partial charge >= 0.3 is 0 Å². The summed E-state index contributed by atoms with van der Waals surface area (Å²) in [4.78, 5) is 6.89. The highest BCUT2D eigenvalue weighted by atomic mass is 32.2. The van der Waals surface area contributed by atoms with E-state index in [-0.39, 0.29) is 10.9 Å². The van der Waals surface area contributed by atoms with Gasteiger partial charge < -0.3 is 0 Å². The zero-order valence-corrected chi connectivity index (χ0v) is 14.6. The SMILES string of the molecule is CCc1nc(CN(C)C(C)c2ccc(S(N)(=O)=O)cc2)cs1. The van der Waals surface area contributed by atoms with E-state index in [0.717, 1.165) is 29.2 Å². The molecule has 22 heavy (non-hydrogen) atoms. The van der Waals surface area contributed by atoms with Crippen molar-refractivity contribution < 1.29 is 8.42 Å². The van der Waals surface area contributed by atoms with Crippen molar-refractivity contribution in [2.24, 2.45) is 5.14 Å². The number of hydrogen-bond donors (Lipinski definition) is 1. The predicted octanol–water partition coefficient (Wildman–Crippen LogP) is 2.55. The van der Waals surface area contributed by atoms with Crippen LogP contribution in [0.3, 0.4) is 0 Å². The third kappa shape index (κ3) is 4.13. The van der Waals surface area contributed by atoms with Gasteiger partial charge in [0.2, 0.25) is 10.0 Å². The lowest BCUT2D eigenvalue weighted by Gasteiger charge is -2.24. The summed E-state index contributed by atoms with van der Waals surface area (Å²) < 4.78 is 22.6. The molecule has 0 radical (unpaired) electrons. The molecule has 1 aromatic heterocycles. The molecule has 0 amide bonds. The molecule has 1 unspecified atom stereocenters. The van der Waals surface area contributed by atoms with Crippen LogP contribution in [-0.2, 0) is 23.0 Å². The lowest BCUT2D eigenvalue weighted by molar-refractivity contribution is 0.250. The molecule has 1 heterocycles. The van der Waals surface area contributed by atoms with Gasteiger partial charge in [0.05, 0.1) is 15.6 Å². The molecule has 2 rings (SSSR count). The quantitative estimate of drug-likeness (QED) is 0.877. The van der Waals surface area contributed by atoms with Crippen LogP contribution in [0.15, 0.2) is 34.5 Å². The van der Waals surface area contributed by atoms with Gasteiger partial charge in [-0.15, -0.1) is 11.3 Å². The monoisotopic (exact) mass is 339 g/mol. The number of aromatic nitrogens is 1. The van der Waals surface area contributed by atoms with E-state index in [4.69, 9.17) is 5.14 Å². The van der Waals surface area contributed by atoms with Crippen molar-refractivity contribution in [2.45, 2.75) is 37.8 Å². The third-order valence-electron chi connectivity index (χ3n) is 3.67. The van der Waals surface area contributed by atoms with E-state index in [1.165, 1.54) is 0 Å². The lowest BCUT2D eigenvalue weighted by Crippen LogP contribution is -2.22. The zero-order chi connectivity index (χ0) is 16.3. The van der Waals surface area contributed by atoms with Crippen molar-refractivity contribution in [1.29, 1.82) is 0 Å². The number of primary sulfonamides is 1. The van der Waals surface area contributed by atoms with Crippen LogP contribution in [0.5, 0.6) is 0 Å². The van der Waals surface area contributed by atoms with E-state index in [2.05, 4.69) is 29.1 Å². The summed E-state index contributed by atoms with van der Waals surface area (Å²) in [5.41, 5.74) is 2.11. The number of thiazole rings is 1. The Labute approximate surface area is 135 Å². The fourth-order valence-corrected chi connectivity index (χ4v) is 3.42. The van der Waals surface area contributed by atoms with Gasteiger partial charge in [-0.2, -0.15) is 0 Å². The minimum Gasteiger partial charge on any atom is -0.294 e. The van der Waals surface area contributed by atoms with E-state index < -0.39 is 10.0 Å². The summed E-state index contributed by atoms with van der Waals surface area (Å²) in [6.45, 7) is 4.94. The number of benzene rings is 1. The molecule has 0 bridgehead atoms. The minimum absolute atomic E-state index is 0.137. The normalized spacial score (nSPS) is 13.5. The van der Waals surface area contributed by atoms with Crippen LogP contribution in [0, 0.1) is 0 Å². The average Bonchev–Trinajstić information content (AvgIpc) is 2.93. The number of sulfonamides is 1. The molecule has 0 spiro atoms. The Morgan fingerprint density at radius 1 is 1.32 bits per heavy atom. The standard InChI is InChI=1S/C15H21N3O2S2/c1-4-15-17-13(10-21-15)9-18(3)11(2)12-5-7-14(8-6-12)22(16,19)20/h5-8,10-11H,4,9H2,1-3H3,(H2,16,19,20). The molecular formula is C15H21N3O2S2. The molecule has 0 aliphatic heterocycles. The minimum atomic E-state index is -3.64. The van der Waals surface area contributed by atoms with Gasteiger partial charge in [0, 0.05) is 18.0 Å². The first-order chi connectivity index (χ1) is 10.3. The highest BCUT2D eigenvalue weighted by Gasteiger charge is 2.15. The summed E-state index contributed by atoms with van der Waals surface area (Å²) in [6.07, 6.45) is 0.957. The smallest absolute Gasteiger partial charge is 0.238 e. The summed E-state index contributed by atoms with van der Waals surface area (Å²) in [6, 6.07) is 6.86. The van der Waals surface area contributed by atoms with Gasteiger partial charge in [0.15, 0.2) is 0 Å². The maximum atomic E-state index is 11.3. The van der Waals surface area contributed by atoms with Crippen LogP contribution >= 0.6 is 11.3 Å². The molecule has 5 nitrogen and oxygen atoms in total. The van der Waals surface area contributed by atoms with Crippen LogP contribution < -0.4 is 5.14 Å². The maximum absolute atomic E-state index is 11.3. The number of nitrogens with two attached hydrogens (primary N) is 1. The Morgan fingerprint density at radius 2 is 1.95 bits per heavy atom. The summed E-state index contributed by atoms with van der Waals surface area (Å²) >= 11 is 1.69. The molecule has 1 aromatic carbocycles. The molecule has 0 saturated heterocycles. The van der Waals surface area contributed by atoms with Gasteiger partial charge in [-0.25, -0.2) is 18.5 Å². The fraction of sp³-hybridized carbons (Fsp3) is 0.400. The molecular weight excluding hydrogens is 318 g/mol. The number of nitrogens with zero attached hydrogens (tertiary/aromatic N) is 2. The molecule has 7 heteroatoms. The molecule has 0 aliphatic rings. The van der Waals surface area contributed by atoms with Crippen molar-refractivity contribution in [3.05, 3.63) is 45.9 Å². The third-order valence-corrected chi connectivity index (χ3v) is 5.64. The van der Waals surface area contributed by atoms with Gasteiger partial charge in [-0.3, -0.25) is 4.90 Å². The van der Waals surface area contributed by atoms with Gasteiger partial charge in [-0.05, 0) is 38.1 Å². The van der Waals surface area contributed by atoms with E-state index in [9.17, 15) is 8.42 Å². The number of aryl methyl sites for hydroxylation is 1. The topological polar surface area (TPSA) is 76.3 Å². The second-order valence-electron chi connectivity index (χ2n) is 5.29. The summed E-state index contributed by atoms with van der Waals surface area (Å²) in [5.74, 6) is 0. The Bertz CT molecular complexity index is 724. The highest BCUT2D eigenvalue weighted by Crippen LogP contribution is 2.22. The van der Waals surface area contributed by atoms with E-state index in [1.807, 2.05) is 7.05 Å². The number of rotatable bonds is 6.